The number of hydrogen-bond acceptors (Lipinski definition) is 6. The Balaban J connectivity index is 1.47. The average Bonchev–Trinajstić information content (AvgIpc) is 3.64. The molecule has 10 nitrogen and oxygen atoms in total. The Morgan fingerprint density at radius 1 is 1.08 bits per heavy atom. The summed E-state index contributed by atoms with van der Waals surface area (Å²) in [7, 11) is 1.65. The van der Waals surface area contributed by atoms with E-state index in [4.69, 9.17) is 0 Å². The highest BCUT2D eigenvalue weighted by Crippen LogP contribution is 2.40. The van der Waals surface area contributed by atoms with Crippen LogP contribution < -0.4 is 5.32 Å². The number of carbonyl (C=O) groups is 1. The number of carbonyl (C=O) groups excluding carboxylic acids is 1. The molecule has 38 heavy (non-hydrogen) atoms. The summed E-state index contributed by atoms with van der Waals surface area (Å²) in [5.41, 5.74) is 0.897. The number of anilines is 1. The van der Waals surface area contributed by atoms with E-state index >= 15 is 0 Å². The lowest BCUT2D eigenvalue weighted by molar-refractivity contribution is -0.113. The Kier molecular flexibility index (Phi) is 6.66. The minimum Gasteiger partial charge on any atom is -0.307 e. The first-order valence-electron chi connectivity index (χ1n) is 11.9. The number of amides is 1. The average molecular weight is 524 g/mol. The highest BCUT2D eigenvalue weighted by atomic mass is 19.4. The number of allylic oxidation sites excluding steroid dienone is 3. The van der Waals surface area contributed by atoms with Crippen molar-refractivity contribution < 1.29 is 18.0 Å². The summed E-state index contributed by atoms with van der Waals surface area (Å²) >= 11 is 0. The van der Waals surface area contributed by atoms with Crippen LogP contribution in [0.3, 0.4) is 0 Å². The van der Waals surface area contributed by atoms with Gasteiger partial charge in [-0.2, -0.15) is 28.2 Å². The van der Waals surface area contributed by atoms with E-state index in [0.29, 0.717) is 29.6 Å². The lowest BCUT2D eigenvalue weighted by Gasteiger charge is -2.21. The maximum Gasteiger partial charge on any atom is 0.413 e. The van der Waals surface area contributed by atoms with Gasteiger partial charge in [0.1, 0.15) is 5.82 Å². The standard InChI is InChI=1S/C25H24F3N9O/c1-3-36-12-11-21(32-36)19-13-16(9-10-20(19)25(26,27)28)24(38)29-23-15-17(14-22-30-34-35(2)33-22)31-37(23)18-7-5-4-6-8-18/h4-8,11-13,15H,3,9-10,14H2,1-2H3,(H,29,38). The van der Waals surface area contributed by atoms with Gasteiger partial charge in [-0.3, -0.25) is 9.48 Å². The van der Waals surface area contributed by atoms with Crippen molar-refractivity contribution in [3.63, 3.8) is 0 Å². The monoisotopic (exact) mass is 523 g/mol. The van der Waals surface area contributed by atoms with Crippen LogP contribution in [0.1, 0.15) is 37.0 Å². The third-order valence-electron chi connectivity index (χ3n) is 6.05. The number of hydrogen-bond donors (Lipinski definition) is 1. The molecule has 0 saturated heterocycles. The molecular formula is C25H24F3N9O. The second kappa shape index (κ2) is 10.1. The molecule has 0 aliphatic heterocycles. The summed E-state index contributed by atoms with van der Waals surface area (Å²) in [6, 6.07) is 12.4. The van der Waals surface area contributed by atoms with E-state index in [2.05, 4.69) is 30.9 Å². The molecule has 0 fully saturated rings. The SMILES string of the molecule is CCn1ccc(C2=C(C(F)(F)F)CCC(C(=O)Nc3cc(Cc4nnn(C)n4)nn3-c3ccccc3)=C2)n1. The largest absolute Gasteiger partial charge is 0.413 e. The van der Waals surface area contributed by atoms with Crippen molar-refractivity contribution in [2.75, 3.05) is 5.32 Å². The lowest BCUT2D eigenvalue weighted by Crippen LogP contribution is -2.22. The van der Waals surface area contributed by atoms with Gasteiger partial charge >= 0.3 is 6.18 Å². The van der Waals surface area contributed by atoms with Gasteiger partial charge < -0.3 is 5.32 Å². The highest BCUT2D eigenvalue weighted by Gasteiger charge is 2.38. The number of alkyl halides is 3. The zero-order valence-electron chi connectivity index (χ0n) is 20.6. The van der Waals surface area contributed by atoms with Crippen LogP contribution in [0.2, 0.25) is 0 Å². The van der Waals surface area contributed by atoms with Crippen molar-refractivity contribution in [1.82, 2.24) is 39.8 Å². The molecule has 3 aromatic heterocycles. The fourth-order valence-corrected chi connectivity index (χ4v) is 4.24. The Labute approximate surface area is 215 Å². The number of tetrazole rings is 1. The minimum absolute atomic E-state index is 0.0610. The maximum absolute atomic E-state index is 13.8. The normalized spacial score (nSPS) is 14.1. The Morgan fingerprint density at radius 3 is 2.53 bits per heavy atom. The van der Waals surface area contributed by atoms with E-state index in [1.165, 1.54) is 16.9 Å². The van der Waals surface area contributed by atoms with E-state index in [9.17, 15) is 18.0 Å². The summed E-state index contributed by atoms with van der Waals surface area (Å²) < 4.78 is 44.6. The van der Waals surface area contributed by atoms with E-state index in [1.807, 2.05) is 37.3 Å². The van der Waals surface area contributed by atoms with Gasteiger partial charge in [0.2, 0.25) is 0 Å². The molecule has 0 saturated carbocycles. The van der Waals surface area contributed by atoms with Gasteiger partial charge in [0, 0.05) is 35.5 Å². The summed E-state index contributed by atoms with van der Waals surface area (Å²) in [6.45, 7) is 2.36. The maximum atomic E-state index is 13.8. The second-order valence-electron chi connectivity index (χ2n) is 8.71. The zero-order chi connectivity index (χ0) is 26.9. The van der Waals surface area contributed by atoms with Gasteiger partial charge in [0.15, 0.2) is 5.82 Å². The number of rotatable bonds is 7. The van der Waals surface area contributed by atoms with Crippen LogP contribution in [0.25, 0.3) is 11.3 Å². The molecule has 196 valence electrons. The quantitative estimate of drug-likeness (QED) is 0.394. The number of aryl methyl sites for hydroxylation is 2. The summed E-state index contributed by atoms with van der Waals surface area (Å²) in [4.78, 5) is 14.7. The molecule has 0 unspecified atom stereocenters. The van der Waals surface area contributed by atoms with Gasteiger partial charge in [0.25, 0.3) is 5.91 Å². The van der Waals surface area contributed by atoms with Crippen LogP contribution in [-0.4, -0.2) is 51.9 Å². The molecule has 5 rings (SSSR count). The van der Waals surface area contributed by atoms with Crippen molar-refractivity contribution in [3.05, 3.63) is 83.1 Å². The van der Waals surface area contributed by atoms with Crippen molar-refractivity contribution in [2.45, 2.75) is 38.9 Å². The Hall–Kier alpha value is -4.55. The predicted octanol–water partition coefficient (Wildman–Crippen LogP) is 3.88. The van der Waals surface area contributed by atoms with Crippen LogP contribution >= 0.6 is 0 Å². The molecule has 1 aliphatic rings. The van der Waals surface area contributed by atoms with E-state index < -0.39 is 17.7 Å². The number of halogens is 3. The molecule has 0 bridgehead atoms. The topological polar surface area (TPSA) is 108 Å². The number of nitrogens with one attached hydrogen (secondary N) is 1. The van der Waals surface area contributed by atoms with E-state index in [1.54, 1.807) is 28.7 Å². The van der Waals surface area contributed by atoms with Crippen LogP contribution in [0.15, 0.2) is 65.9 Å². The van der Waals surface area contributed by atoms with Crippen molar-refractivity contribution in [1.29, 1.82) is 0 Å². The summed E-state index contributed by atoms with van der Waals surface area (Å²) in [5.74, 6) is 0.308. The van der Waals surface area contributed by atoms with Gasteiger partial charge in [0.05, 0.1) is 30.5 Å². The number of benzene rings is 1. The number of nitrogens with zero attached hydrogens (tertiary/aromatic N) is 8. The first-order valence-corrected chi connectivity index (χ1v) is 11.9. The lowest BCUT2D eigenvalue weighted by atomic mass is 9.89. The molecule has 1 aliphatic carbocycles. The van der Waals surface area contributed by atoms with Gasteiger partial charge in [-0.25, -0.2) is 4.68 Å². The Bertz CT molecular complexity index is 1530. The van der Waals surface area contributed by atoms with Gasteiger partial charge in [-0.15, -0.1) is 10.2 Å². The molecule has 0 atom stereocenters. The molecule has 13 heteroatoms. The fourth-order valence-electron chi connectivity index (χ4n) is 4.24. The van der Waals surface area contributed by atoms with Crippen LogP contribution in [0, 0.1) is 0 Å². The minimum atomic E-state index is -4.53. The third-order valence-corrected chi connectivity index (χ3v) is 6.05. The number of para-hydroxylation sites is 1. The molecule has 3 heterocycles. The number of aromatic nitrogens is 8. The molecule has 1 aromatic carbocycles. The first kappa shape index (κ1) is 25.1. The van der Waals surface area contributed by atoms with Crippen molar-refractivity contribution in [2.24, 2.45) is 7.05 Å². The Morgan fingerprint density at radius 2 is 1.87 bits per heavy atom. The smallest absolute Gasteiger partial charge is 0.307 e. The molecular weight excluding hydrogens is 499 g/mol. The molecule has 1 N–H and O–H groups in total. The van der Waals surface area contributed by atoms with Crippen LogP contribution in [0.5, 0.6) is 0 Å². The van der Waals surface area contributed by atoms with Gasteiger partial charge in [-0.05, 0) is 49.3 Å². The van der Waals surface area contributed by atoms with Crippen LogP contribution in [-0.2, 0) is 24.8 Å². The second-order valence-corrected chi connectivity index (χ2v) is 8.71. The highest BCUT2D eigenvalue weighted by molar-refractivity contribution is 6.05. The van der Waals surface area contributed by atoms with Crippen molar-refractivity contribution >= 4 is 17.3 Å². The predicted molar refractivity (Wildman–Crippen MR) is 132 cm³/mol. The molecule has 4 aromatic rings. The molecule has 1 amide bonds. The van der Waals surface area contributed by atoms with Crippen molar-refractivity contribution in [3.8, 4) is 5.69 Å². The molecule has 0 spiro atoms. The molecule has 0 radical (unpaired) electrons. The van der Waals surface area contributed by atoms with Crippen LogP contribution in [0.4, 0.5) is 19.0 Å². The fraction of sp³-hybridized carbons (Fsp3) is 0.280. The van der Waals surface area contributed by atoms with E-state index in [-0.39, 0.29) is 36.1 Å². The first-order chi connectivity index (χ1) is 18.2. The summed E-state index contributed by atoms with van der Waals surface area (Å²) in [6.07, 6.45) is -1.73. The van der Waals surface area contributed by atoms with E-state index in [0.717, 1.165) is 0 Å². The van der Waals surface area contributed by atoms with Gasteiger partial charge in [-0.1, -0.05) is 18.2 Å². The summed E-state index contributed by atoms with van der Waals surface area (Å²) in [5, 5.41) is 23.6. The third kappa shape index (κ3) is 5.26. The zero-order valence-corrected chi connectivity index (χ0v) is 20.6.